The van der Waals surface area contributed by atoms with Gasteiger partial charge in [0.2, 0.25) is 28.9 Å². The van der Waals surface area contributed by atoms with Crippen molar-refractivity contribution in [3.8, 4) is 0 Å². The van der Waals surface area contributed by atoms with E-state index in [1.807, 2.05) is 27.7 Å². The molecule has 16 nitrogen and oxygen atoms in total. The van der Waals surface area contributed by atoms with E-state index in [4.69, 9.17) is 21.3 Å². The second kappa shape index (κ2) is 19.4. The van der Waals surface area contributed by atoms with E-state index in [2.05, 4.69) is 32.9 Å². The molecular weight excluding hydrogens is 844 g/mol. The lowest BCUT2D eigenvalue weighted by atomic mass is 9.46. The van der Waals surface area contributed by atoms with E-state index in [1.165, 1.54) is 73.1 Å². The van der Waals surface area contributed by atoms with Crippen LogP contribution in [0.25, 0.3) is 0 Å². The molecule has 0 spiro atoms. The normalized spacial score (nSPS) is 43.4. The van der Waals surface area contributed by atoms with E-state index >= 15 is 0 Å². The van der Waals surface area contributed by atoms with Crippen molar-refractivity contribution in [2.75, 3.05) is 0 Å². The SMILES string of the molecule is C.CC.CC.CC(=O)Cl.CC(=O)NC12CC(C1)C2.CC(=O)NC12CC(O)(C1)C2.CC(=O)NC12CC(O)(C1)C2.CC(=O)NC12CC(OC(C)=O)(C1)C2.NC12CC(C1)C2.NC12CC(O)(C1)C2. The largest absolute Gasteiger partial charge is 0.459 e. The zero-order valence-corrected chi connectivity index (χ0v) is 40.4. The first kappa shape index (κ1) is 55.4. The molecule has 0 unspecified atom stereocenters. The summed E-state index contributed by atoms with van der Waals surface area (Å²) in [6.45, 7) is 16.9. The van der Waals surface area contributed by atoms with Gasteiger partial charge in [-0.1, -0.05) is 35.1 Å². The molecule has 18 saturated carbocycles. The maximum Gasteiger partial charge on any atom is 0.303 e. The van der Waals surface area contributed by atoms with Gasteiger partial charge < -0.3 is 52.8 Å². The quantitative estimate of drug-likeness (QED) is 0.139. The summed E-state index contributed by atoms with van der Waals surface area (Å²) in [5, 5.41) is 38.9. The number of hydrogen-bond acceptors (Lipinski definition) is 12. The van der Waals surface area contributed by atoms with Crippen LogP contribution in [-0.2, 0) is 33.5 Å². The highest BCUT2D eigenvalue weighted by molar-refractivity contribution is 6.62. The lowest BCUT2D eigenvalue weighted by Crippen LogP contribution is -2.79. The van der Waals surface area contributed by atoms with Crippen molar-refractivity contribution in [1.82, 2.24) is 21.3 Å². The Morgan fingerprint density at radius 2 is 0.703 bits per heavy atom. The second-order valence-corrected chi connectivity index (χ2v) is 22.1. The van der Waals surface area contributed by atoms with Gasteiger partial charge in [0.1, 0.15) is 5.60 Å². The Kier molecular flexibility index (Phi) is 16.8. The first-order valence-corrected chi connectivity index (χ1v) is 23.5. The number of halogens is 1. The predicted molar refractivity (Wildman–Crippen MR) is 245 cm³/mol. The molecule has 18 rings (SSSR count). The second-order valence-electron chi connectivity index (χ2n) is 21.6. The number of carbonyl (C=O) groups is 6. The number of ether oxygens (including phenoxy) is 1. The number of amides is 4. The van der Waals surface area contributed by atoms with Crippen LogP contribution in [0.5, 0.6) is 0 Å². The Morgan fingerprint density at radius 1 is 0.469 bits per heavy atom. The molecule has 0 aromatic heterocycles. The summed E-state index contributed by atoms with van der Waals surface area (Å²) in [6, 6.07) is 0. The lowest BCUT2D eigenvalue weighted by molar-refractivity contribution is -0.241. The zero-order valence-electron chi connectivity index (χ0n) is 39.6. The molecule has 0 heterocycles. The third-order valence-corrected chi connectivity index (χ3v) is 14.3. The third kappa shape index (κ3) is 13.0. The fourth-order valence-electron chi connectivity index (χ4n) is 12.5. The Hall–Kier alpha value is -2.89. The van der Waals surface area contributed by atoms with Gasteiger partial charge >= 0.3 is 5.97 Å². The topological polar surface area (TPSA) is 272 Å². The fourth-order valence-corrected chi connectivity index (χ4v) is 12.5. The van der Waals surface area contributed by atoms with E-state index in [9.17, 15) is 39.0 Å². The minimum atomic E-state index is -0.400. The zero-order chi connectivity index (χ0) is 47.9. The standard InChI is InChI=1S/C9H13NO3.2C7H11NO2.C7H11NO.C5H9NO.C5H9N.C2H3ClO.2C2H6.CH4/c1-6(11)10-8-3-9(4-8,5-8)13-7(2)12;2*1-5(9)8-6-2-7(10,3-6)4-6;1-5(9)8-7-2-6(3-7)4-7;6-4-1-5(7,2-4)3-4;6-5-1-4(2-5)3-5;1-2(3)4;2*1-2;/h3-5H2,1-2H3,(H,10,11);2*10H,2-4H2,1H3,(H,8,9);6H,2-4H2,1H3,(H,8,9);7H,1-3,6H2;4H,1-3,6H2;1H3;2*1-2H3;1H4. The van der Waals surface area contributed by atoms with E-state index in [0.29, 0.717) is 5.54 Å². The van der Waals surface area contributed by atoms with Crippen LogP contribution in [0.2, 0.25) is 0 Å². The van der Waals surface area contributed by atoms with Gasteiger partial charge in [0.15, 0.2) is 0 Å². The molecular formula is C47H83ClN6O10. The van der Waals surface area contributed by atoms with Gasteiger partial charge in [-0.25, -0.2) is 0 Å². The summed E-state index contributed by atoms with van der Waals surface area (Å²) >= 11 is 4.64. The Morgan fingerprint density at radius 3 is 0.828 bits per heavy atom. The molecule has 0 radical (unpaired) electrons. The van der Waals surface area contributed by atoms with Crippen LogP contribution >= 0.6 is 11.6 Å². The van der Waals surface area contributed by atoms with Gasteiger partial charge in [0.05, 0.1) is 22.3 Å². The maximum absolute atomic E-state index is 10.8. The summed E-state index contributed by atoms with van der Waals surface area (Å²) in [4.78, 5) is 62.4. The minimum Gasteiger partial charge on any atom is -0.459 e. The molecule has 0 saturated heterocycles. The first-order chi connectivity index (χ1) is 28.9. The molecule has 18 aliphatic rings. The summed E-state index contributed by atoms with van der Waals surface area (Å²) in [5.74, 6) is 1.94. The van der Waals surface area contributed by atoms with Gasteiger partial charge in [0, 0.05) is 88.5 Å². The predicted octanol–water partition coefficient (Wildman–Crippen LogP) is 4.19. The van der Waals surface area contributed by atoms with Crippen molar-refractivity contribution in [1.29, 1.82) is 0 Å². The van der Waals surface area contributed by atoms with Gasteiger partial charge in [-0.15, -0.1) is 0 Å². The first-order valence-electron chi connectivity index (χ1n) is 23.1. The molecule has 18 aliphatic carbocycles. The number of nitrogens with one attached hydrogen (secondary N) is 4. The van der Waals surface area contributed by atoms with Crippen LogP contribution in [0.3, 0.4) is 0 Å². The van der Waals surface area contributed by atoms with Crippen LogP contribution in [0.1, 0.15) is 192 Å². The van der Waals surface area contributed by atoms with Crippen molar-refractivity contribution in [2.45, 2.75) is 248 Å². The monoisotopic (exact) mass is 927 g/mol. The summed E-state index contributed by atoms with van der Waals surface area (Å²) in [7, 11) is 0. The molecule has 0 aliphatic heterocycles. The molecule has 18 fully saturated rings. The van der Waals surface area contributed by atoms with Crippen LogP contribution in [-0.4, -0.2) is 106 Å². The molecule has 0 aromatic rings. The fraction of sp³-hybridized carbons (Fsp3) is 0.872. The van der Waals surface area contributed by atoms with Gasteiger partial charge in [-0.2, -0.15) is 0 Å². The number of aliphatic hydroxyl groups is 3. The Bertz CT molecular complexity index is 1570. The molecule has 64 heavy (non-hydrogen) atoms. The highest BCUT2D eigenvalue weighted by Gasteiger charge is 2.71. The third-order valence-electron chi connectivity index (χ3n) is 14.3. The number of nitrogens with two attached hydrogens (primary N) is 2. The van der Waals surface area contributed by atoms with Gasteiger partial charge in [0.25, 0.3) is 0 Å². The molecule has 17 heteroatoms. The minimum absolute atomic E-state index is 0. The van der Waals surface area contributed by atoms with Crippen molar-refractivity contribution in [2.24, 2.45) is 23.3 Å². The van der Waals surface area contributed by atoms with E-state index < -0.39 is 11.2 Å². The summed E-state index contributed by atoms with van der Waals surface area (Å²) < 4.78 is 5.16. The Labute approximate surface area is 386 Å². The van der Waals surface area contributed by atoms with Crippen molar-refractivity contribution < 1.29 is 48.8 Å². The molecule has 0 atom stereocenters. The van der Waals surface area contributed by atoms with Crippen LogP contribution in [0.4, 0.5) is 0 Å². The van der Waals surface area contributed by atoms with Crippen molar-refractivity contribution in [3.05, 3.63) is 0 Å². The smallest absolute Gasteiger partial charge is 0.303 e. The van der Waals surface area contributed by atoms with E-state index in [-0.39, 0.29) is 81.2 Å². The van der Waals surface area contributed by atoms with Gasteiger partial charge in [-0.05, 0) is 120 Å². The average Bonchev–Trinajstić information content (AvgIpc) is 2.98. The van der Waals surface area contributed by atoms with Crippen LogP contribution < -0.4 is 32.7 Å². The molecule has 12 bridgehead atoms. The molecule has 0 aromatic carbocycles. The van der Waals surface area contributed by atoms with Crippen LogP contribution in [0.15, 0.2) is 0 Å². The molecule has 11 N–H and O–H groups in total. The summed E-state index contributed by atoms with van der Waals surface area (Å²) in [6.07, 6.45) is 17.2. The van der Waals surface area contributed by atoms with Crippen molar-refractivity contribution >= 4 is 46.4 Å². The number of hydrogen-bond donors (Lipinski definition) is 9. The molecule has 4 amide bonds. The van der Waals surface area contributed by atoms with E-state index in [1.54, 1.807) is 6.92 Å². The Balaban J connectivity index is 0.000000199. The molecule has 368 valence electrons. The number of rotatable bonds is 5. The summed E-state index contributed by atoms with van der Waals surface area (Å²) in [5.41, 5.74) is 10.7. The average molecular weight is 928 g/mol. The number of carbonyl (C=O) groups excluding carboxylic acids is 6. The lowest BCUT2D eigenvalue weighted by Gasteiger charge is -2.68. The van der Waals surface area contributed by atoms with Crippen LogP contribution in [0, 0.1) is 11.8 Å². The maximum atomic E-state index is 10.8. The highest BCUT2D eigenvalue weighted by Crippen LogP contribution is 2.63. The highest BCUT2D eigenvalue weighted by atomic mass is 35.5. The van der Waals surface area contributed by atoms with E-state index in [0.717, 1.165) is 88.9 Å². The van der Waals surface area contributed by atoms with Gasteiger partial charge in [-0.3, -0.25) is 28.8 Å². The number of esters is 1. The van der Waals surface area contributed by atoms with Crippen molar-refractivity contribution in [3.63, 3.8) is 0 Å².